The first-order valence-corrected chi connectivity index (χ1v) is 9.21. The number of rotatable bonds is 7. The van der Waals surface area contributed by atoms with Gasteiger partial charge in [-0.3, -0.25) is 0 Å². The standard InChI is InChI=1S/C23H24ClNO/c1-17(18-13-15-21(24)16-14-18)25-22(19-9-5-3-6-10-19)23(26-2)20-11-7-4-8-12-20/h3-17,22-23,25H,1-2H3/t17-,22+,23-/m0/s1. The minimum absolute atomic E-state index is 0.0225. The molecule has 0 saturated heterocycles. The van der Waals surface area contributed by atoms with Crippen LogP contribution >= 0.6 is 11.6 Å². The second-order valence-corrected chi connectivity index (χ2v) is 6.83. The molecule has 0 radical (unpaired) electrons. The van der Waals surface area contributed by atoms with Crippen molar-refractivity contribution in [2.75, 3.05) is 7.11 Å². The highest BCUT2D eigenvalue weighted by atomic mass is 35.5. The summed E-state index contributed by atoms with van der Waals surface area (Å²) in [5.74, 6) is 0. The lowest BCUT2D eigenvalue weighted by Gasteiger charge is -2.31. The van der Waals surface area contributed by atoms with E-state index in [-0.39, 0.29) is 18.2 Å². The van der Waals surface area contributed by atoms with E-state index in [1.165, 1.54) is 11.1 Å². The fourth-order valence-corrected chi connectivity index (χ4v) is 3.37. The molecule has 0 heterocycles. The normalized spacial score (nSPS) is 14.6. The van der Waals surface area contributed by atoms with Crippen molar-refractivity contribution in [2.45, 2.75) is 25.1 Å². The van der Waals surface area contributed by atoms with Crippen LogP contribution in [-0.4, -0.2) is 7.11 Å². The summed E-state index contributed by atoms with van der Waals surface area (Å²) in [5.41, 5.74) is 3.54. The van der Waals surface area contributed by atoms with Crippen LogP contribution in [0.5, 0.6) is 0 Å². The molecule has 0 aliphatic rings. The fraction of sp³-hybridized carbons (Fsp3) is 0.217. The summed E-state index contributed by atoms with van der Waals surface area (Å²) in [7, 11) is 1.77. The number of nitrogens with one attached hydrogen (secondary N) is 1. The molecule has 0 unspecified atom stereocenters. The lowest BCUT2D eigenvalue weighted by molar-refractivity contribution is 0.0637. The van der Waals surface area contributed by atoms with E-state index in [2.05, 4.69) is 60.8 Å². The Morgan fingerprint density at radius 1 is 0.731 bits per heavy atom. The van der Waals surface area contributed by atoms with E-state index in [0.717, 1.165) is 10.6 Å². The quantitative estimate of drug-likeness (QED) is 0.544. The second-order valence-electron chi connectivity index (χ2n) is 6.40. The topological polar surface area (TPSA) is 21.3 Å². The van der Waals surface area contributed by atoms with E-state index in [1.54, 1.807) is 7.11 Å². The van der Waals surface area contributed by atoms with Crippen LogP contribution in [0.15, 0.2) is 84.9 Å². The first-order chi connectivity index (χ1) is 12.7. The van der Waals surface area contributed by atoms with Crippen LogP contribution in [0.4, 0.5) is 0 Å². The van der Waals surface area contributed by atoms with Crippen LogP contribution < -0.4 is 5.32 Å². The maximum absolute atomic E-state index is 6.03. The van der Waals surface area contributed by atoms with Gasteiger partial charge in [0.2, 0.25) is 0 Å². The lowest BCUT2D eigenvalue weighted by atomic mass is 9.94. The van der Waals surface area contributed by atoms with E-state index in [9.17, 15) is 0 Å². The van der Waals surface area contributed by atoms with Crippen LogP contribution in [0, 0.1) is 0 Å². The monoisotopic (exact) mass is 365 g/mol. The summed E-state index contributed by atoms with van der Waals surface area (Å²) >= 11 is 6.03. The molecule has 3 rings (SSSR count). The Bertz CT molecular complexity index is 789. The average molecular weight is 366 g/mol. The molecule has 3 aromatic rings. The van der Waals surface area contributed by atoms with Gasteiger partial charge in [-0.25, -0.2) is 0 Å². The summed E-state index contributed by atoms with van der Waals surface area (Å²) < 4.78 is 5.93. The molecule has 0 saturated carbocycles. The molecule has 0 aromatic heterocycles. The van der Waals surface area contributed by atoms with E-state index in [4.69, 9.17) is 16.3 Å². The molecule has 0 fully saturated rings. The van der Waals surface area contributed by atoms with Crippen LogP contribution in [0.1, 0.15) is 41.8 Å². The molecule has 0 spiro atoms. The van der Waals surface area contributed by atoms with E-state index in [0.29, 0.717) is 0 Å². The number of halogens is 1. The molecule has 3 aromatic carbocycles. The largest absolute Gasteiger partial charge is 0.375 e. The van der Waals surface area contributed by atoms with Gasteiger partial charge < -0.3 is 10.1 Å². The highest BCUT2D eigenvalue weighted by Gasteiger charge is 2.26. The zero-order chi connectivity index (χ0) is 18.4. The van der Waals surface area contributed by atoms with Gasteiger partial charge in [0.25, 0.3) is 0 Å². The maximum Gasteiger partial charge on any atom is 0.102 e. The van der Waals surface area contributed by atoms with E-state index in [1.807, 2.05) is 36.4 Å². The van der Waals surface area contributed by atoms with Crippen LogP contribution in [0.3, 0.4) is 0 Å². The molecule has 0 amide bonds. The van der Waals surface area contributed by atoms with Gasteiger partial charge in [-0.1, -0.05) is 84.4 Å². The van der Waals surface area contributed by atoms with Crippen molar-refractivity contribution < 1.29 is 4.74 Å². The van der Waals surface area contributed by atoms with Gasteiger partial charge in [0, 0.05) is 18.2 Å². The lowest BCUT2D eigenvalue weighted by Crippen LogP contribution is -2.30. The van der Waals surface area contributed by atoms with Gasteiger partial charge in [-0.2, -0.15) is 0 Å². The summed E-state index contributed by atoms with van der Waals surface area (Å²) in [6.45, 7) is 2.16. The zero-order valence-corrected chi connectivity index (χ0v) is 15.9. The van der Waals surface area contributed by atoms with Gasteiger partial charge in [-0.05, 0) is 35.7 Å². The Morgan fingerprint density at radius 2 is 1.27 bits per heavy atom. The zero-order valence-electron chi connectivity index (χ0n) is 15.1. The molecular formula is C23H24ClNO. The summed E-state index contributed by atoms with van der Waals surface area (Å²) in [5, 5.41) is 4.50. The summed E-state index contributed by atoms with van der Waals surface area (Å²) in [6, 6.07) is 28.9. The third-order valence-corrected chi connectivity index (χ3v) is 4.90. The van der Waals surface area contributed by atoms with E-state index >= 15 is 0 Å². The molecule has 2 nitrogen and oxygen atoms in total. The SMILES string of the molecule is CO[C@@H](c1ccccc1)[C@H](N[C@@H](C)c1ccc(Cl)cc1)c1ccccc1. The maximum atomic E-state index is 6.03. The summed E-state index contributed by atoms with van der Waals surface area (Å²) in [4.78, 5) is 0. The Morgan fingerprint density at radius 3 is 1.81 bits per heavy atom. The van der Waals surface area contributed by atoms with Gasteiger partial charge >= 0.3 is 0 Å². The molecule has 0 bridgehead atoms. The van der Waals surface area contributed by atoms with Crippen molar-refractivity contribution in [3.63, 3.8) is 0 Å². The third kappa shape index (κ3) is 4.53. The molecular weight excluding hydrogens is 342 g/mol. The number of benzene rings is 3. The Kier molecular flexibility index (Phi) is 6.45. The first-order valence-electron chi connectivity index (χ1n) is 8.83. The minimum atomic E-state index is -0.0895. The van der Waals surface area contributed by atoms with E-state index < -0.39 is 0 Å². The highest BCUT2D eigenvalue weighted by Crippen LogP contribution is 2.33. The van der Waals surface area contributed by atoms with Crippen molar-refractivity contribution in [3.05, 3.63) is 107 Å². The van der Waals surface area contributed by atoms with Crippen LogP contribution in [0.2, 0.25) is 5.02 Å². The van der Waals surface area contributed by atoms with Crippen molar-refractivity contribution in [1.29, 1.82) is 0 Å². The average Bonchev–Trinajstić information content (AvgIpc) is 2.69. The Hall–Kier alpha value is -2.13. The predicted octanol–water partition coefficient (Wildman–Crippen LogP) is 6.12. The van der Waals surface area contributed by atoms with Gasteiger partial charge in [0.15, 0.2) is 0 Å². The first kappa shape index (κ1) is 18.7. The fourth-order valence-electron chi connectivity index (χ4n) is 3.24. The molecule has 0 aliphatic carbocycles. The van der Waals surface area contributed by atoms with Crippen molar-refractivity contribution in [3.8, 4) is 0 Å². The smallest absolute Gasteiger partial charge is 0.102 e. The van der Waals surface area contributed by atoms with Gasteiger partial charge in [0.05, 0.1) is 6.04 Å². The van der Waals surface area contributed by atoms with Gasteiger partial charge in [-0.15, -0.1) is 0 Å². The van der Waals surface area contributed by atoms with Crippen molar-refractivity contribution in [1.82, 2.24) is 5.32 Å². The molecule has 0 aliphatic heterocycles. The molecule has 1 N–H and O–H groups in total. The number of hydrogen-bond acceptors (Lipinski definition) is 2. The number of hydrogen-bond donors (Lipinski definition) is 1. The number of ether oxygens (including phenoxy) is 1. The summed E-state index contributed by atoms with van der Waals surface area (Å²) in [6.07, 6.45) is -0.0895. The second kappa shape index (κ2) is 9.00. The van der Waals surface area contributed by atoms with Crippen molar-refractivity contribution >= 4 is 11.6 Å². The molecule has 3 atom stereocenters. The Balaban J connectivity index is 1.92. The molecule has 26 heavy (non-hydrogen) atoms. The van der Waals surface area contributed by atoms with Crippen LogP contribution in [-0.2, 0) is 4.74 Å². The molecule has 134 valence electrons. The Labute approximate surface area is 160 Å². The molecule has 3 heteroatoms. The minimum Gasteiger partial charge on any atom is -0.375 e. The third-order valence-electron chi connectivity index (χ3n) is 4.64. The highest BCUT2D eigenvalue weighted by molar-refractivity contribution is 6.30. The van der Waals surface area contributed by atoms with Gasteiger partial charge in [0.1, 0.15) is 6.10 Å². The van der Waals surface area contributed by atoms with Crippen molar-refractivity contribution in [2.24, 2.45) is 0 Å². The predicted molar refractivity (Wildman–Crippen MR) is 108 cm³/mol. The number of methoxy groups -OCH3 is 1. The van der Waals surface area contributed by atoms with Crippen LogP contribution in [0.25, 0.3) is 0 Å².